The Hall–Kier alpha value is -3.80. The van der Waals surface area contributed by atoms with E-state index in [2.05, 4.69) is 16.4 Å². The number of aromatic nitrogens is 1. The van der Waals surface area contributed by atoms with Crippen molar-refractivity contribution < 1.29 is 13.9 Å². The monoisotopic (exact) mass is 414 g/mol. The molecule has 0 saturated heterocycles. The third-order valence-corrected chi connectivity index (χ3v) is 5.64. The van der Waals surface area contributed by atoms with E-state index in [0.29, 0.717) is 29.0 Å². The predicted molar refractivity (Wildman–Crippen MR) is 120 cm³/mol. The lowest BCUT2D eigenvalue weighted by molar-refractivity contribution is -0.126. The molecule has 0 radical (unpaired) electrons. The number of nitrogens with one attached hydrogen (secondary N) is 2. The number of rotatable bonds is 4. The Balaban J connectivity index is 1.49. The maximum absolute atomic E-state index is 13.2. The van der Waals surface area contributed by atoms with Crippen LogP contribution in [0.4, 0.5) is 0 Å². The van der Waals surface area contributed by atoms with Crippen LogP contribution in [0.3, 0.4) is 0 Å². The molecular weight excluding hydrogens is 392 g/mol. The lowest BCUT2D eigenvalue weighted by Crippen LogP contribution is -2.42. The van der Waals surface area contributed by atoms with Crippen molar-refractivity contribution in [3.8, 4) is 5.75 Å². The zero-order valence-corrected chi connectivity index (χ0v) is 17.3. The van der Waals surface area contributed by atoms with Crippen LogP contribution in [0, 0.1) is 0 Å². The molecule has 0 spiro atoms. The van der Waals surface area contributed by atoms with E-state index in [9.17, 15) is 9.59 Å². The average Bonchev–Trinajstić information content (AvgIpc) is 3.16. The molecule has 0 aliphatic carbocycles. The molecule has 1 aliphatic heterocycles. The SMILES string of the molecule is CC1(C)Oc2ccc3ccc(=O)oc3c2/C(=C/NCCc2c[nH]c3ccccc23)C1=O. The third kappa shape index (κ3) is 3.30. The molecule has 156 valence electrons. The van der Waals surface area contributed by atoms with E-state index in [4.69, 9.17) is 9.15 Å². The maximum atomic E-state index is 13.2. The van der Waals surface area contributed by atoms with Crippen molar-refractivity contribution >= 4 is 33.2 Å². The number of aromatic amines is 1. The molecule has 0 fully saturated rings. The molecule has 0 bridgehead atoms. The number of carbonyl (C=O) groups excluding carboxylic acids is 1. The van der Waals surface area contributed by atoms with E-state index < -0.39 is 11.2 Å². The van der Waals surface area contributed by atoms with Gasteiger partial charge < -0.3 is 19.5 Å². The molecule has 2 N–H and O–H groups in total. The number of benzene rings is 2. The second-order valence-corrected chi connectivity index (χ2v) is 8.17. The van der Waals surface area contributed by atoms with Crippen LogP contribution in [0.2, 0.25) is 0 Å². The van der Waals surface area contributed by atoms with Crippen LogP contribution in [-0.2, 0) is 11.2 Å². The van der Waals surface area contributed by atoms with Crippen molar-refractivity contribution in [3.05, 3.63) is 82.5 Å². The van der Waals surface area contributed by atoms with Gasteiger partial charge >= 0.3 is 5.63 Å². The van der Waals surface area contributed by atoms with Crippen molar-refractivity contribution in [1.29, 1.82) is 0 Å². The molecule has 0 amide bonds. The Morgan fingerprint density at radius 3 is 2.74 bits per heavy atom. The highest BCUT2D eigenvalue weighted by Crippen LogP contribution is 2.41. The molecule has 31 heavy (non-hydrogen) atoms. The molecule has 2 aromatic carbocycles. The van der Waals surface area contributed by atoms with E-state index in [1.807, 2.05) is 36.5 Å². The van der Waals surface area contributed by atoms with Gasteiger partial charge in [0.2, 0.25) is 5.78 Å². The summed E-state index contributed by atoms with van der Waals surface area (Å²) in [7, 11) is 0. The predicted octanol–water partition coefficient (Wildman–Crippen LogP) is 4.19. The van der Waals surface area contributed by atoms with Crippen molar-refractivity contribution in [3.63, 3.8) is 0 Å². The molecule has 6 nitrogen and oxygen atoms in total. The second kappa shape index (κ2) is 7.16. The van der Waals surface area contributed by atoms with Crippen LogP contribution in [0.15, 0.2) is 70.1 Å². The molecule has 0 atom stereocenters. The topological polar surface area (TPSA) is 84.3 Å². The largest absolute Gasteiger partial charge is 0.479 e. The zero-order chi connectivity index (χ0) is 21.6. The highest BCUT2D eigenvalue weighted by Gasteiger charge is 2.40. The van der Waals surface area contributed by atoms with Gasteiger partial charge in [-0.2, -0.15) is 0 Å². The standard InChI is InChI=1S/C25H22N2O4/c1-25(2)24(29)18(14-26-12-11-16-13-27-19-6-4-3-5-17(16)19)22-20(31-25)9-7-15-8-10-21(28)30-23(15)22/h3-10,13-14,26-27H,11-12H2,1-2H3/b18-14-. The Bertz CT molecular complexity index is 1410. The van der Waals surface area contributed by atoms with Crippen LogP contribution in [-0.4, -0.2) is 22.9 Å². The van der Waals surface area contributed by atoms with Crippen LogP contribution < -0.4 is 15.7 Å². The number of H-pyrrole nitrogens is 1. The Kier molecular flexibility index (Phi) is 4.43. The lowest BCUT2D eigenvalue weighted by Gasteiger charge is -2.32. The van der Waals surface area contributed by atoms with Gasteiger partial charge in [0.05, 0.1) is 11.1 Å². The average molecular weight is 414 g/mol. The first-order valence-corrected chi connectivity index (χ1v) is 10.2. The Morgan fingerprint density at radius 2 is 1.87 bits per heavy atom. The van der Waals surface area contributed by atoms with Gasteiger partial charge in [-0.05, 0) is 50.1 Å². The summed E-state index contributed by atoms with van der Waals surface area (Å²) < 4.78 is 11.4. The molecular formula is C25H22N2O4. The molecule has 4 aromatic rings. The summed E-state index contributed by atoms with van der Waals surface area (Å²) in [5, 5.41) is 5.20. The first kappa shape index (κ1) is 19.2. The van der Waals surface area contributed by atoms with Crippen LogP contribution in [0.5, 0.6) is 5.75 Å². The molecule has 0 unspecified atom stereocenters. The Labute approximate surface area is 178 Å². The van der Waals surface area contributed by atoms with Crippen molar-refractivity contribution in [2.24, 2.45) is 0 Å². The fourth-order valence-electron chi connectivity index (χ4n) is 4.07. The summed E-state index contributed by atoms with van der Waals surface area (Å²) in [6, 6.07) is 14.9. The van der Waals surface area contributed by atoms with Gasteiger partial charge in [0.25, 0.3) is 0 Å². The summed E-state index contributed by atoms with van der Waals surface area (Å²) in [6.45, 7) is 4.12. The van der Waals surface area contributed by atoms with Crippen LogP contribution in [0.25, 0.3) is 27.4 Å². The summed E-state index contributed by atoms with van der Waals surface area (Å²) in [4.78, 5) is 28.3. The summed E-state index contributed by atoms with van der Waals surface area (Å²) >= 11 is 0. The van der Waals surface area contributed by atoms with E-state index >= 15 is 0 Å². The first-order chi connectivity index (χ1) is 14.9. The fraction of sp³-hybridized carbons (Fsp3) is 0.200. The number of ether oxygens (including phenoxy) is 1. The van der Waals surface area contributed by atoms with E-state index in [0.717, 1.165) is 17.3 Å². The van der Waals surface area contributed by atoms with Crippen molar-refractivity contribution in [1.82, 2.24) is 10.3 Å². The smallest absolute Gasteiger partial charge is 0.336 e. The van der Waals surface area contributed by atoms with Gasteiger partial charge in [0.15, 0.2) is 5.60 Å². The molecule has 3 heterocycles. The number of Topliss-reactive ketones (excluding diaryl/α,β-unsaturated/α-hetero) is 1. The molecule has 2 aromatic heterocycles. The minimum absolute atomic E-state index is 0.168. The van der Waals surface area contributed by atoms with E-state index in [-0.39, 0.29) is 5.78 Å². The van der Waals surface area contributed by atoms with Crippen LogP contribution in [0.1, 0.15) is 25.0 Å². The summed E-state index contributed by atoms with van der Waals surface area (Å²) in [5.41, 5.74) is 2.15. The second-order valence-electron chi connectivity index (χ2n) is 8.17. The number of para-hydroxylation sites is 1. The number of ketones is 1. The van der Waals surface area contributed by atoms with Gasteiger partial charge in [-0.15, -0.1) is 0 Å². The zero-order valence-electron chi connectivity index (χ0n) is 17.3. The molecule has 5 rings (SSSR count). The fourth-order valence-corrected chi connectivity index (χ4v) is 4.07. The number of fused-ring (bicyclic) bond motifs is 4. The van der Waals surface area contributed by atoms with E-state index in [1.54, 1.807) is 26.1 Å². The normalized spacial score (nSPS) is 16.5. The lowest BCUT2D eigenvalue weighted by atomic mass is 9.87. The number of carbonyl (C=O) groups is 1. The van der Waals surface area contributed by atoms with Crippen LogP contribution >= 0.6 is 0 Å². The molecule has 1 aliphatic rings. The van der Waals surface area contributed by atoms with E-state index in [1.165, 1.54) is 17.0 Å². The minimum atomic E-state index is -1.01. The maximum Gasteiger partial charge on any atom is 0.336 e. The van der Waals surface area contributed by atoms with Gasteiger partial charge in [-0.25, -0.2) is 4.79 Å². The third-order valence-electron chi connectivity index (χ3n) is 5.64. The summed E-state index contributed by atoms with van der Waals surface area (Å²) in [6.07, 6.45) is 4.52. The molecule has 0 saturated carbocycles. The molecule has 6 heteroatoms. The first-order valence-electron chi connectivity index (χ1n) is 10.2. The quantitative estimate of drug-likeness (QED) is 0.297. The van der Waals surface area contributed by atoms with Crippen molar-refractivity contribution in [2.45, 2.75) is 25.9 Å². The van der Waals surface area contributed by atoms with Gasteiger partial charge in [0, 0.05) is 41.3 Å². The highest BCUT2D eigenvalue weighted by atomic mass is 16.5. The van der Waals surface area contributed by atoms with Gasteiger partial charge in [-0.3, -0.25) is 4.79 Å². The van der Waals surface area contributed by atoms with Gasteiger partial charge in [0.1, 0.15) is 11.3 Å². The summed E-state index contributed by atoms with van der Waals surface area (Å²) in [5.74, 6) is 0.356. The number of hydrogen-bond acceptors (Lipinski definition) is 5. The van der Waals surface area contributed by atoms with Crippen molar-refractivity contribution in [2.75, 3.05) is 6.54 Å². The van der Waals surface area contributed by atoms with Gasteiger partial charge in [-0.1, -0.05) is 18.2 Å². The minimum Gasteiger partial charge on any atom is -0.479 e. The highest BCUT2D eigenvalue weighted by molar-refractivity contribution is 6.28. The Morgan fingerprint density at radius 1 is 1.06 bits per heavy atom. The number of hydrogen-bond donors (Lipinski definition) is 2.